The minimum atomic E-state index is -0.520. The number of fused-ring (bicyclic) bond motifs is 2. The molecule has 1 N–H and O–H groups in total. The summed E-state index contributed by atoms with van der Waals surface area (Å²) in [4.78, 5) is 0. The fourth-order valence-electron chi connectivity index (χ4n) is 2.25. The van der Waals surface area contributed by atoms with Gasteiger partial charge in [0.2, 0.25) is 0 Å². The van der Waals surface area contributed by atoms with Crippen LogP contribution >= 0.6 is 0 Å². The molecule has 0 unspecified atom stereocenters. The van der Waals surface area contributed by atoms with Crippen LogP contribution in [0.25, 0.3) is 0 Å². The Hall–Kier alpha value is -0.120. The van der Waals surface area contributed by atoms with Gasteiger partial charge in [-0.25, -0.2) is 0 Å². The zero-order valence-corrected chi connectivity index (χ0v) is 7.67. The molecule has 2 heterocycles. The third kappa shape index (κ3) is 1.16. The first kappa shape index (κ1) is 8.48. The Morgan fingerprint density at radius 3 is 2.92 bits per heavy atom. The number of rotatable bonds is 1. The van der Waals surface area contributed by atoms with Gasteiger partial charge >= 0.3 is 0 Å². The van der Waals surface area contributed by atoms with Crippen LogP contribution in [0.2, 0.25) is 0 Å². The maximum absolute atomic E-state index is 9.59. The van der Waals surface area contributed by atoms with Crippen LogP contribution in [-0.2, 0) is 9.47 Å². The summed E-state index contributed by atoms with van der Waals surface area (Å²) in [6, 6.07) is 0. The molecule has 0 aliphatic carbocycles. The highest BCUT2D eigenvalue weighted by molar-refractivity contribution is 4.96. The molecule has 2 fully saturated rings. The van der Waals surface area contributed by atoms with Crippen molar-refractivity contribution in [3.05, 3.63) is 0 Å². The smallest absolute Gasteiger partial charge is 0.168 e. The molecule has 2 saturated heterocycles. The second kappa shape index (κ2) is 2.44. The van der Waals surface area contributed by atoms with Gasteiger partial charge in [0.1, 0.15) is 0 Å². The number of hydrogen-bond donors (Lipinski definition) is 1. The number of ether oxygens (including phenoxy) is 2. The molecule has 0 aromatic heterocycles. The molecule has 2 aliphatic rings. The first-order valence-electron chi connectivity index (χ1n) is 4.60. The van der Waals surface area contributed by atoms with E-state index >= 15 is 0 Å². The van der Waals surface area contributed by atoms with Gasteiger partial charge in [0, 0.05) is 12.8 Å². The molecule has 0 amide bonds. The highest BCUT2D eigenvalue weighted by Gasteiger charge is 2.52. The minimum Gasteiger partial charge on any atom is -0.393 e. The van der Waals surface area contributed by atoms with E-state index in [0.29, 0.717) is 13.0 Å². The average Bonchev–Trinajstić information content (AvgIpc) is 2.23. The van der Waals surface area contributed by atoms with E-state index in [1.165, 1.54) is 0 Å². The van der Waals surface area contributed by atoms with Gasteiger partial charge in [-0.1, -0.05) is 6.92 Å². The summed E-state index contributed by atoms with van der Waals surface area (Å²) in [7, 11) is 0. The maximum Gasteiger partial charge on any atom is 0.168 e. The molecule has 3 atom stereocenters. The van der Waals surface area contributed by atoms with Gasteiger partial charge in [0.25, 0.3) is 0 Å². The summed E-state index contributed by atoms with van der Waals surface area (Å²) in [5, 5.41) is 9.59. The molecule has 2 aliphatic heterocycles. The minimum absolute atomic E-state index is 0.202. The largest absolute Gasteiger partial charge is 0.393 e. The summed E-state index contributed by atoms with van der Waals surface area (Å²) in [5.41, 5.74) is -0.202. The molecule has 0 aromatic carbocycles. The number of aliphatic hydroxyl groups is 1. The standard InChI is InChI=1S/C9H16O3/c1-3-9-5-7(10)4-8(2,12-9)11-6-9/h7,10H,3-6H2,1-2H3/t7-,8-,9+/m1/s1. The Morgan fingerprint density at radius 1 is 1.50 bits per heavy atom. The zero-order valence-electron chi connectivity index (χ0n) is 7.67. The van der Waals surface area contributed by atoms with E-state index in [1.54, 1.807) is 0 Å². The van der Waals surface area contributed by atoms with Crippen LogP contribution in [0.3, 0.4) is 0 Å². The van der Waals surface area contributed by atoms with Crippen LogP contribution in [0, 0.1) is 0 Å². The molecule has 0 spiro atoms. The van der Waals surface area contributed by atoms with Crippen molar-refractivity contribution in [2.45, 2.75) is 50.6 Å². The first-order chi connectivity index (χ1) is 5.58. The van der Waals surface area contributed by atoms with E-state index in [-0.39, 0.29) is 11.7 Å². The van der Waals surface area contributed by atoms with Gasteiger partial charge in [0.05, 0.1) is 18.3 Å². The van der Waals surface area contributed by atoms with Crippen LogP contribution in [0.15, 0.2) is 0 Å². The van der Waals surface area contributed by atoms with E-state index in [4.69, 9.17) is 9.47 Å². The molecular formula is C9H16O3. The lowest BCUT2D eigenvalue weighted by atomic mass is 9.89. The van der Waals surface area contributed by atoms with Crippen molar-refractivity contribution in [3.8, 4) is 0 Å². The van der Waals surface area contributed by atoms with Gasteiger partial charge in [-0.2, -0.15) is 0 Å². The molecule has 0 saturated carbocycles. The Kier molecular flexibility index (Phi) is 1.72. The first-order valence-corrected chi connectivity index (χ1v) is 4.60. The van der Waals surface area contributed by atoms with E-state index in [2.05, 4.69) is 6.92 Å². The predicted molar refractivity (Wildman–Crippen MR) is 43.7 cm³/mol. The zero-order chi connectivity index (χ0) is 8.82. The summed E-state index contributed by atoms with van der Waals surface area (Å²) in [6.07, 6.45) is 1.99. The van der Waals surface area contributed by atoms with Crippen molar-refractivity contribution in [1.82, 2.24) is 0 Å². The lowest BCUT2D eigenvalue weighted by molar-refractivity contribution is -0.223. The molecule has 2 rings (SSSR count). The fraction of sp³-hybridized carbons (Fsp3) is 1.00. The maximum atomic E-state index is 9.59. The van der Waals surface area contributed by atoms with E-state index in [0.717, 1.165) is 12.8 Å². The summed E-state index contributed by atoms with van der Waals surface area (Å²) in [5.74, 6) is -0.520. The second-order valence-electron chi connectivity index (χ2n) is 4.12. The Labute approximate surface area is 72.7 Å². The predicted octanol–water partition coefficient (Wildman–Crippen LogP) is 1.05. The van der Waals surface area contributed by atoms with Gasteiger partial charge in [0.15, 0.2) is 5.79 Å². The van der Waals surface area contributed by atoms with Crippen LogP contribution in [0.4, 0.5) is 0 Å². The van der Waals surface area contributed by atoms with Crippen molar-refractivity contribution in [1.29, 1.82) is 0 Å². The highest BCUT2D eigenvalue weighted by atomic mass is 16.8. The lowest BCUT2D eigenvalue weighted by Gasteiger charge is -2.37. The topological polar surface area (TPSA) is 38.7 Å². The molecule has 0 aromatic rings. The second-order valence-corrected chi connectivity index (χ2v) is 4.12. The number of aliphatic hydroxyl groups excluding tert-OH is 1. The van der Waals surface area contributed by atoms with E-state index in [1.807, 2.05) is 6.92 Å². The SMILES string of the molecule is CC[C@@]12CO[C@@](C)(C[C@@H](O)C1)O2. The van der Waals surface area contributed by atoms with E-state index in [9.17, 15) is 5.11 Å². The van der Waals surface area contributed by atoms with Crippen molar-refractivity contribution < 1.29 is 14.6 Å². The Bertz CT molecular complexity index is 194. The molecule has 0 radical (unpaired) electrons. The van der Waals surface area contributed by atoms with Crippen molar-refractivity contribution >= 4 is 0 Å². The fourth-order valence-corrected chi connectivity index (χ4v) is 2.25. The molecule has 12 heavy (non-hydrogen) atoms. The molecule has 70 valence electrons. The molecular weight excluding hydrogens is 156 g/mol. The Morgan fingerprint density at radius 2 is 2.25 bits per heavy atom. The van der Waals surface area contributed by atoms with Crippen LogP contribution < -0.4 is 0 Å². The number of hydrogen-bond acceptors (Lipinski definition) is 3. The average molecular weight is 172 g/mol. The molecule has 3 heteroatoms. The Balaban J connectivity index is 2.20. The summed E-state index contributed by atoms with van der Waals surface area (Å²) >= 11 is 0. The normalized spacial score (nSPS) is 52.8. The van der Waals surface area contributed by atoms with E-state index < -0.39 is 5.79 Å². The molecule has 2 bridgehead atoms. The van der Waals surface area contributed by atoms with Crippen molar-refractivity contribution in [3.63, 3.8) is 0 Å². The van der Waals surface area contributed by atoms with Crippen molar-refractivity contribution in [2.75, 3.05) is 6.61 Å². The van der Waals surface area contributed by atoms with Gasteiger partial charge in [-0.05, 0) is 13.3 Å². The summed E-state index contributed by atoms with van der Waals surface area (Å²) in [6.45, 7) is 4.62. The van der Waals surface area contributed by atoms with Gasteiger partial charge < -0.3 is 14.6 Å². The van der Waals surface area contributed by atoms with Crippen LogP contribution in [0.1, 0.15) is 33.1 Å². The molecule has 3 nitrogen and oxygen atoms in total. The van der Waals surface area contributed by atoms with Crippen molar-refractivity contribution in [2.24, 2.45) is 0 Å². The quantitative estimate of drug-likeness (QED) is 0.642. The monoisotopic (exact) mass is 172 g/mol. The van der Waals surface area contributed by atoms with Crippen LogP contribution in [-0.4, -0.2) is 29.2 Å². The third-order valence-electron chi connectivity index (χ3n) is 2.93. The van der Waals surface area contributed by atoms with Gasteiger partial charge in [-0.15, -0.1) is 0 Å². The third-order valence-corrected chi connectivity index (χ3v) is 2.93. The van der Waals surface area contributed by atoms with Gasteiger partial charge in [-0.3, -0.25) is 0 Å². The summed E-state index contributed by atoms with van der Waals surface area (Å²) < 4.78 is 11.4. The highest BCUT2D eigenvalue weighted by Crippen LogP contribution is 2.44. The lowest BCUT2D eigenvalue weighted by Crippen LogP contribution is -2.45. The van der Waals surface area contributed by atoms with Crippen LogP contribution in [0.5, 0.6) is 0 Å².